The fourth-order valence-electron chi connectivity index (χ4n) is 9.72. The van der Waals surface area contributed by atoms with E-state index in [0.717, 1.165) is 103 Å². The molecule has 0 bridgehead atoms. The van der Waals surface area contributed by atoms with Gasteiger partial charge in [-0.25, -0.2) is 4.98 Å². The van der Waals surface area contributed by atoms with Gasteiger partial charge in [-0.1, -0.05) is 98.8 Å². The number of rotatable bonds is 16. The molecule has 1 aromatic heterocycles. The summed E-state index contributed by atoms with van der Waals surface area (Å²) >= 11 is 0. The molecule has 0 radical (unpaired) electrons. The topological polar surface area (TPSA) is 84.9 Å². The second-order valence-electron chi connectivity index (χ2n) is 18.1. The molecule has 0 unspecified atom stereocenters. The summed E-state index contributed by atoms with van der Waals surface area (Å²) in [5.41, 5.74) is 2.30. The number of nitrogens with zero attached hydrogens (tertiary/aromatic N) is 7. The van der Waals surface area contributed by atoms with Crippen molar-refractivity contribution in [3.63, 3.8) is 0 Å². The van der Waals surface area contributed by atoms with E-state index in [2.05, 4.69) is 79.2 Å². The molecule has 0 atom stereocenters. The molecule has 4 aliphatic heterocycles. The molecule has 0 spiro atoms. The lowest BCUT2D eigenvalue weighted by Gasteiger charge is -2.53. The van der Waals surface area contributed by atoms with Gasteiger partial charge in [0.15, 0.2) is 0 Å². The molecule has 4 aromatic rings. The van der Waals surface area contributed by atoms with Gasteiger partial charge in [0.1, 0.15) is 11.5 Å². The number of alkyl halides is 3. The summed E-state index contributed by atoms with van der Waals surface area (Å²) in [5.74, 6) is 0.00667. The number of piperazine rings is 2. The van der Waals surface area contributed by atoms with Gasteiger partial charge >= 0.3 is 6.18 Å². The monoisotopic (exact) mass is 912 g/mol. The van der Waals surface area contributed by atoms with Crippen LogP contribution >= 0.6 is 0 Å². The highest BCUT2D eigenvalue weighted by molar-refractivity contribution is 5.93. The van der Waals surface area contributed by atoms with Gasteiger partial charge < -0.3 is 24.2 Å². The Hall–Kier alpha value is -4.70. The van der Waals surface area contributed by atoms with Gasteiger partial charge in [0.25, 0.3) is 0 Å². The number of amides is 2. The quantitative estimate of drug-likeness (QED) is 0.115. The third-order valence-corrected chi connectivity index (χ3v) is 13.9. The van der Waals surface area contributed by atoms with Crippen LogP contribution in [0.25, 0.3) is 0 Å². The van der Waals surface area contributed by atoms with E-state index in [1.54, 1.807) is 6.92 Å². The molecule has 356 valence electrons. The molecule has 3 aromatic carbocycles. The standard InChI is InChI=1S/C27H35F3N4O2.C25H33N3O2/c1-2-25(35)34(24-10-6-9-23(31-24)27(28,29)30)21-26(12-19-36-20-13-26)33-17-15-32(16-18-33)14-11-22-7-4-3-5-8-22;1-2-24(29)28(23-11-7-4-8-12-23)19-25(20-30-21-25)27-17-15-26(16-18-27)14-13-22-9-5-3-6-10-22/h3-10H,2,11-21H2,1H3;3-12H,2,13-21H2,1H3. The van der Waals surface area contributed by atoms with Crippen molar-refractivity contribution < 1.29 is 32.2 Å². The van der Waals surface area contributed by atoms with Gasteiger partial charge in [-0.05, 0) is 61.1 Å². The summed E-state index contributed by atoms with van der Waals surface area (Å²) in [6.07, 6.45) is -0.311. The normalized spacial score (nSPS) is 19.2. The Balaban J connectivity index is 0.000000199. The summed E-state index contributed by atoms with van der Waals surface area (Å²) in [7, 11) is 0. The Morgan fingerprint density at radius 1 is 0.591 bits per heavy atom. The second-order valence-corrected chi connectivity index (χ2v) is 18.1. The average Bonchev–Trinajstić information content (AvgIpc) is 3.35. The minimum Gasteiger partial charge on any atom is -0.381 e. The first kappa shape index (κ1) is 49.2. The highest BCUT2D eigenvalue weighted by atomic mass is 19.4. The zero-order chi connectivity index (χ0) is 46.4. The number of hydrogen-bond donors (Lipinski definition) is 0. The Labute approximate surface area is 389 Å². The molecular weight excluding hydrogens is 844 g/mol. The van der Waals surface area contributed by atoms with E-state index in [-0.39, 0.29) is 35.1 Å². The van der Waals surface area contributed by atoms with Crippen molar-refractivity contribution in [2.75, 3.05) is 115 Å². The lowest BCUT2D eigenvalue weighted by atomic mass is 9.86. The first-order valence-electron chi connectivity index (χ1n) is 23.9. The van der Waals surface area contributed by atoms with Gasteiger partial charge in [0.05, 0.1) is 18.8 Å². The van der Waals surface area contributed by atoms with Gasteiger partial charge in [-0.2, -0.15) is 13.2 Å². The van der Waals surface area contributed by atoms with Crippen molar-refractivity contribution in [2.45, 2.75) is 69.6 Å². The SMILES string of the molecule is CCC(=O)N(CC1(N2CCN(CCc3ccccc3)CC2)CCOCC1)c1cccc(C(F)(F)F)n1.CCC(=O)N(CC1(N2CCN(CCc3ccccc3)CC2)COC1)c1ccccc1. The Kier molecular flexibility index (Phi) is 17.4. The maximum absolute atomic E-state index is 13.4. The molecule has 4 aliphatic rings. The predicted octanol–water partition coefficient (Wildman–Crippen LogP) is 7.31. The van der Waals surface area contributed by atoms with E-state index in [1.807, 2.05) is 48.2 Å². The van der Waals surface area contributed by atoms with Gasteiger partial charge in [0.2, 0.25) is 11.8 Å². The van der Waals surface area contributed by atoms with E-state index in [1.165, 1.54) is 28.2 Å². The van der Waals surface area contributed by atoms with Crippen LogP contribution in [-0.4, -0.2) is 152 Å². The van der Waals surface area contributed by atoms with Crippen LogP contribution in [0.2, 0.25) is 0 Å². The van der Waals surface area contributed by atoms with Crippen molar-refractivity contribution in [3.05, 3.63) is 126 Å². The molecule has 0 saturated carbocycles. The van der Waals surface area contributed by atoms with Crippen LogP contribution < -0.4 is 9.80 Å². The van der Waals surface area contributed by atoms with E-state index in [4.69, 9.17) is 9.47 Å². The molecule has 11 nitrogen and oxygen atoms in total. The number of carbonyl (C=O) groups is 2. The van der Waals surface area contributed by atoms with Crippen molar-refractivity contribution in [1.82, 2.24) is 24.6 Å². The number of para-hydroxylation sites is 1. The number of ether oxygens (including phenoxy) is 2. The molecule has 5 heterocycles. The number of halogens is 3. The number of aromatic nitrogens is 1. The minimum atomic E-state index is -4.57. The van der Waals surface area contributed by atoms with Crippen LogP contribution in [0.5, 0.6) is 0 Å². The maximum atomic E-state index is 13.4. The largest absolute Gasteiger partial charge is 0.433 e. The van der Waals surface area contributed by atoms with Crippen LogP contribution in [-0.2, 0) is 38.1 Å². The van der Waals surface area contributed by atoms with Crippen LogP contribution in [0.3, 0.4) is 0 Å². The van der Waals surface area contributed by atoms with Crippen LogP contribution in [0.1, 0.15) is 56.4 Å². The van der Waals surface area contributed by atoms with Crippen molar-refractivity contribution >= 4 is 23.3 Å². The van der Waals surface area contributed by atoms with Gasteiger partial charge in [-0.3, -0.25) is 24.3 Å². The summed E-state index contributed by atoms with van der Waals surface area (Å²) in [6, 6.07) is 35.0. The van der Waals surface area contributed by atoms with E-state index in [9.17, 15) is 22.8 Å². The molecule has 8 rings (SSSR count). The molecule has 4 saturated heterocycles. The fourth-order valence-corrected chi connectivity index (χ4v) is 9.72. The number of anilines is 2. The molecule has 4 fully saturated rings. The average molecular weight is 912 g/mol. The predicted molar refractivity (Wildman–Crippen MR) is 254 cm³/mol. The number of hydrogen-bond acceptors (Lipinski definition) is 9. The molecule has 14 heteroatoms. The number of benzene rings is 3. The van der Waals surface area contributed by atoms with Crippen LogP contribution in [0.15, 0.2) is 109 Å². The smallest absolute Gasteiger partial charge is 0.381 e. The third-order valence-electron chi connectivity index (χ3n) is 13.9. The summed E-state index contributed by atoms with van der Waals surface area (Å²) in [4.78, 5) is 43.0. The van der Waals surface area contributed by atoms with E-state index < -0.39 is 11.9 Å². The maximum Gasteiger partial charge on any atom is 0.433 e. The fraction of sp³-hybridized carbons (Fsp3) is 0.519. The van der Waals surface area contributed by atoms with E-state index in [0.29, 0.717) is 45.9 Å². The second kappa shape index (κ2) is 23.3. The highest BCUT2D eigenvalue weighted by Gasteiger charge is 2.47. The minimum absolute atomic E-state index is 0.0593. The summed E-state index contributed by atoms with van der Waals surface area (Å²) < 4.78 is 51.4. The van der Waals surface area contributed by atoms with Crippen molar-refractivity contribution in [1.29, 1.82) is 0 Å². The molecular formula is C52H68F3N7O4. The third kappa shape index (κ3) is 12.8. The van der Waals surface area contributed by atoms with Crippen LogP contribution in [0, 0.1) is 0 Å². The zero-order valence-corrected chi connectivity index (χ0v) is 38.8. The van der Waals surface area contributed by atoms with Crippen molar-refractivity contribution in [3.8, 4) is 0 Å². The van der Waals surface area contributed by atoms with E-state index >= 15 is 0 Å². The molecule has 0 N–H and O–H groups in total. The first-order valence-corrected chi connectivity index (χ1v) is 23.9. The lowest BCUT2D eigenvalue weighted by molar-refractivity contribution is -0.147. The Bertz CT molecular complexity index is 2090. The summed E-state index contributed by atoms with van der Waals surface area (Å²) in [6.45, 7) is 17.0. The molecule has 66 heavy (non-hydrogen) atoms. The number of carbonyl (C=O) groups excluding carboxylic acids is 2. The van der Waals surface area contributed by atoms with Gasteiger partial charge in [-0.15, -0.1) is 0 Å². The zero-order valence-electron chi connectivity index (χ0n) is 38.8. The van der Waals surface area contributed by atoms with Crippen LogP contribution in [0.4, 0.5) is 24.7 Å². The van der Waals surface area contributed by atoms with Crippen molar-refractivity contribution in [2.24, 2.45) is 0 Å². The summed E-state index contributed by atoms with van der Waals surface area (Å²) in [5, 5.41) is 0. The Morgan fingerprint density at radius 3 is 1.53 bits per heavy atom. The lowest BCUT2D eigenvalue weighted by Crippen LogP contribution is -2.70. The molecule has 0 aliphatic carbocycles. The first-order chi connectivity index (χ1) is 32.0. The molecule has 2 amide bonds. The highest BCUT2D eigenvalue weighted by Crippen LogP contribution is 2.34. The van der Waals surface area contributed by atoms with Gasteiger partial charge in [0, 0.05) is 116 Å². The number of pyridine rings is 1. The Morgan fingerprint density at radius 2 is 1.06 bits per heavy atom.